The molecule has 0 aliphatic rings. The van der Waals surface area contributed by atoms with Crippen molar-refractivity contribution in [1.29, 1.82) is 0 Å². The van der Waals surface area contributed by atoms with Crippen molar-refractivity contribution in [1.82, 2.24) is 15.1 Å². The van der Waals surface area contributed by atoms with Gasteiger partial charge in [-0.1, -0.05) is 23.7 Å². The first-order chi connectivity index (χ1) is 12.5. The summed E-state index contributed by atoms with van der Waals surface area (Å²) < 4.78 is 7.21. The summed E-state index contributed by atoms with van der Waals surface area (Å²) in [7, 11) is 0. The molecule has 9 heteroatoms. The van der Waals surface area contributed by atoms with E-state index >= 15 is 0 Å². The van der Waals surface area contributed by atoms with Crippen molar-refractivity contribution in [3.63, 3.8) is 0 Å². The van der Waals surface area contributed by atoms with Gasteiger partial charge in [0, 0.05) is 11.1 Å². The third-order valence-corrected chi connectivity index (χ3v) is 4.11. The highest BCUT2D eigenvalue weighted by molar-refractivity contribution is 9.10. The Labute approximate surface area is 162 Å². The summed E-state index contributed by atoms with van der Waals surface area (Å²) in [6, 6.07) is 12.2. The molecule has 0 fully saturated rings. The van der Waals surface area contributed by atoms with Crippen LogP contribution in [-0.2, 0) is 11.3 Å². The Kier molecular flexibility index (Phi) is 5.75. The molecule has 0 unspecified atom stereocenters. The van der Waals surface area contributed by atoms with Gasteiger partial charge in [-0.25, -0.2) is 4.68 Å². The number of amides is 2. The van der Waals surface area contributed by atoms with Gasteiger partial charge in [0.25, 0.3) is 5.91 Å². The molecular formula is C17H14BrClN4O3. The second-order valence-electron chi connectivity index (χ2n) is 5.34. The maximum Gasteiger partial charge on any atom is 0.287 e. The van der Waals surface area contributed by atoms with Crippen LogP contribution in [0.4, 0.5) is 5.82 Å². The summed E-state index contributed by atoms with van der Waals surface area (Å²) in [6.07, 6.45) is 1.59. The Morgan fingerprint density at radius 2 is 1.92 bits per heavy atom. The van der Waals surface area contributed by atoms with E-state index in [4.69, 9.17) is 16.0 Å². The highest BCUT2D eigenvalue weighted by Crippen LogP contribution is 2.14. The Hall–Kier alpha value is -2.58. The molecular weight excluding hydrogens is 424 g/mol. The molecule has 2 amide bonds. The van der Waals surface area contributed by atoms with Crippen LogP contribution >= 0.6 is 27.5 Å². The fourth-order valence-corrected chi connectivity index (χ4v) is 2.63. The average Bonchev–Trinajstić information content (AvgIpc) is 3.24. The minimum atomic E-state index is -0.472. The minimum Gasteiger partial charge on any atom is -0.444 e. The van der Waals surface area contributed by atoms with Crippen molar-refractivity contribution < 1.29 is 14.0 Å². The summed E-state index contributed by atoms with van der Waals surface area (Å²) in [5.74, 6) is -0.195. The molecule has 1 aromatic carbocycles. The van der Waals surface area contributed by atoms with Crippen molar-refractivity contribution in [2.75, 3.05) is 11.9 Å². The number of rotatable bonds is 6. The average molecular weight is 438 g/mol. The van der Waals surface area contributed by atoms with Gasteiger partial charge in [0.05, 0.1) is 19.3 Å². The Morgan fingerprint density at radius 3 is 2.62 bits per heavy atom. The van der Waals surface area contributed by atoms with Gasteiger partial charge in [0.15, 0.2) is 10.4 Å². The van der Waals surface area contributed by atoms with Crippen LogP contribution in [0.2, 0.25) is 5.02 Å². The molecule has 134 valence electrons. The fourth-order valence-electron chi connectivity index (χ4n) is 2.20. The van der Waals surface area contributed by atoms with Gasteiger partial charge in [-0.15, -0.1) is 0 Å². The van der Waals surface area contributed by atoms with Crippen LogP contribution < -0.4 is 10.6 Å². The largest absolute Gasteiger partial charge is 0.444 e. The number of halogens is 2. The molecule has 0 aliphatic heterocycles. The minimum absolute atomic E-state index is 0.123. The Balaban J connectivity index is 1.55. The molecule has 0 saturated carbocycles. The number of carbonyl (C=O) groups excluding carboxylic acids is 2. The predicted molar refractivity (Wildman–Crippen MR) is 100 cm³/mol. The van der Waals surface area contributed by atoms with Crippen molar-refractivity contribution in [3.05, 3.63) is 69.7 Å². The molecule has 0 radical (unpaired) electrons. The van der Waals surface area contributed by atoms with Crippen LogP contribution in [0.1, 0.15) is 16.1 Å². The van der Waals surface area contributed by atoms with E-state index in [0.29, 0.717) is 22.1 Å². The van der Waals surface area contributed by atoms with Crippen LogP contribution in [0.25, 0.3) is 0 Å². The predicted octanol–water partition coefficient (Wildman–Crippen LogP) is 3.31. The molecule has 0 saturated heterocycles. The molecule has 0 bridgehead atoms. The number of benzene rings is 1. The summed E-state index contributed by atoms with van der Waals surface area (Å²) in [5, 5.41) is 10.1. The lowest BCUT2D eigenvalue weighted by molar-refractivity contribution is -0.115. The van der Waals surface area contributed by atoms with Gasteiger partial charge < -0.3 is 15.1 Å². The van der Waals surface area contributed by atoms with Gasteiger partial charge in [-0.05, 0) is 45.8 Å². The molecule has 7 nitrogen and oxygen atoms in total. The lowest BCUT2D eigenvalue weighted by Crippen LogP contribution is -2.33. The van der Waals surface area contributed by atoms with Crippen molar-refractivity contribution in [2.24, 2.45) is 0 Å². The van der Waals surface area contributed by atoms with E-state index in [1.165, 1.54) is 6.07 Å². The van der Waals surface area contributed by atoms with Crippen molar-refractivity contribution in [3.8, 4) is 0 Å². The fraction of sp³-hybridized carbons (Fsp3) is 0.118. The molecule has 2 aromatic heterocycles. The zero-order valence-corrected chi connectivity index (χ0v) is 15.8. The number of anilines is 1. The number of nitrogens with one attached hydrogen (secondary N) is 2. The summed E-state index contributed by atoms with van der Waals surface area (Å²) >= 11 is 8.99. The van der Waals surface area contributed by atoms with Crippen LogP contribution in [0.15, 0.2) is 57.7 Å². The molecule has 0 spiro atoms. The molecule has 26 heavy (non-hydrogen) atoms. The van der Waals surface area contributed by atoms with Gasteiger partial charge in [0.1, 0.15) is 5.82 Å². The van der Waals surface area contributed by atoms with Gasteiger partial charge in [-0.2, -0.15) is 5.10 Å². The maximum absolute atomic E-state index is 12.1. The first-order valence-corrected chi connectivity index (χ1v) is 8.78. The number of hydrogen-bond acceptors (Lipinski definition) is 4. The molecule has 2 heterocycles. The number of furan rings is 1. The number of hydrogen-bond donors (Lipinski definition) is 2. The first-order valence-electron chi connectivity index (χ1n) is 7.61. The monoisotopic (exact) mass is 436 g/mol. The lowest BCUT2D eigenvalue weighted by Gasteiger charge is -2.09. The Morgan fingerprint density at radius 1 is 1.15 bits per heavy atom. The molecule has 2 N–H and O–H groups in total. The smallest absolute Gasteiger partial charge is 0.287 e. The van der Waals surface area contributed by atoms with E-state index in [9.17, 15) is 9.59 Å². The van der Waals surface area contributed by atoms with E-state index in [2.05, 4.69) is 31.7 Å². The first kappa shape index (κ1) is 18.2. The van der Waals surface area contributed by atoms with Gasteiger partial charge >= 0.3 is 0 Å². The van der Waals surface area contributed by atoms with Crippen LogP contribution in [0.3, 0.4) is 0 Å². The van der Waals surface area contributed by atoms with Crippen LogP contribution in [0.5, 0.6) is 0 Å². The summed E-state index contributed by atoms with van der Waals surface area (Å²) in [4.78, 5) is 23.9. The highest BCUT2D eigenvalue weighted by atomic mass is 79.9. The van der Waals surface area contributed by atoms with E-state index in [0.717, 1.165) is 5.56 Å². The van der Waals surface area contributed by atoms with E-state index in [1.54, 1.807) is 35.1 Å². The van der Waals surface area contributed by atoms with Crippen molar-refractivity contribution >= 4 is 45.2 Å². The second kappa shape index (κ2) is 8.20. The third kappa shape index (κ3) is 4.74. The van der Waals surface area contributed by atoms with Gasteiger partial charge in [0.2, 0.25) is 5.91 Å². The molecule has 3 rings (SSSR count). The zero-order valence-electron chi connectivity index (χ0n) is 13.4. The topological polar surface area (TPSA) is 89.2 Å². The lowest BCUT2D eigenvalue weighted by atomic mass is 10.2. The quantitative estimate of drug-likeness (QED) is 0.619. The zero-order chi connectivity index (χ0) is 18.5. The van der Waals surface area contributed by atoms with Crippen LogP contribution in [0, 0.1) is 0 Å². The third-order valence-electron chi connectivity index (χ3n) is 3.44. The van der Waals surface area contributed by atoms with E-state index in [-0.39, 0.29) is 18.2 Å². The summed E-state index contributed by atoms with van der Waals surface area (Å²) in [5.41, 5.74) is 0.991. The van der Waals surface area contributed by atoms with E-state index < -0.39 is 5.91 Å². The SMILES string of the molecule is O=C(CNC(=O)c1ccc(Br)o1)Nc1ccnn1Cc1ccc(Cl)cc1. The highest BCUT2D eigenvalue weighted by Gasteiger charge is 2.13. The standard InChI is InChI=1S/C17H14BrClN4O3/c18-14-6-5-13(26-14)17(25)20-9-16(24)22-15-7-8-21-23(15)10-11-1-3-12(19)4-2-11/h1-8H,9-10H2,(H,20,25)(H,22,24). The number of aromatic nitrogens is 2. The van der Waals surface area contributed by atoms with Gasteiger partial charge in [-0.3, -0.25) is 9.59 Å². The van der Waals surface area contributed by atoms with Crippen LogP contribution in [-0.4, -0.2) is 28.1 Å². The summed E-state index contributed by atoms with van der Waals surface area (Å²) in [6.45, 7) is 0.288. The number of carbonyl (C=O) groups is 2. The molecule has 3 aromatic rings. The maximum atomic E-state index is 12.1. The van der Waals surface area contributed by atoms with Crippen molar-refractivity contribution in [2.45, 2.75) is 6.54 Å². The molecule has 0 aliphatic carbocycles. The Bertz CT molecular complexity index is 920. The number of nitrogens with zero attached hydrogens (tertiary/aromatic N) is 2. The van der Waals surface area contributed by atoms with E-state index in [1.807, 2.05) is 12.1 Å². The normalized spacial score (nSPS) is 10.5. The second-order valence-corrected chi connectivity index (χ2v) is 6.55. The molecule has 0 atom stereocenters.